The average molecular weight is 279 g/mol. The zero-order valence-electron chi connectivity index (χ0n) is 10.6. The van der Waals surface area contributed by atoms with E-state index < -0.39 is 0 Å². The van der Waals surface area contributed by atoms with Crippen LogP contribution in [0.3, 0.4) is 0 Å². The van der Waals surface area contributed by atoms with Crippen LogP contribution in [-0.4, -0.2) is 9.55 Å². The van der Waals surface area contributed by atoms with Gasteiger partial charge < -0.3 is 4.57 Å². The van der Waals surface area contributed by atoms with E-state index in [0.717, 1.165) is 6.54 Å². The highest BCUT2D eigenvalue weighted by molar-refractivity contribution is 6.30. The fourth-order valence-corrected chi connectivity index (χ4v) is 3.00. The quantitative estimate of drug-likeness (QED) is 0.806. The molecule has 2 aromatic rings. The summed E-state index contributed by atoms with van der Waals surface area (Å²) >= 11 is 5.79. The Morgan fingerprint density at radius 2 is 2.11 bits per heavy atom. The van der Waals surface area contributed by atoms with Crippen molar-refractivity contribution in [2.75, 3.05) is 0 Å². The van der Waals surface area contributed by atoms with E-state index in [2.05, 4.69) is 9.55 Å². The van der Waals surface area contributed by atoms with E-state index in [4.69, 9.17) is 11.6 Å². The van der Waals surface area contributed by atoms with Crippen LogP contribution in [-0.2, 0) is 6.54 Å². The van der Waals surface area contributed by atoms with Gasteiger partial charge in [-0.2, -0.15) is 0 Å². The lowest BCUT2D eigenvalue weighted by atomic mass is 10.1. The van der Waals surface area contributed by atoms with Gasteiger partial charge in [-0.1, -0.05) is 24.4 Å². The van der Waals surface area contributed by atoms with Crippen LogP contribution in [0.15, 0.2) is 30.6 Å². The molecule has 1 fully saturated rings. The Morgan fingerprint density at radius 1 is 1.32 bits per heavy atom. The molecule has 1 aliphatic carbocycles. The van der Waals surface area contributed by atoms with Gasteiger partial charge in [0.2, 0.25) is 0 Å². The third kappa shape index (κ3) is 2.66. The normalized spacial score (nSPS) is 16.1. The van der Waals surface area contributed by atoms with Crippen molar-refractivity contribution in [3.63, 3.8) is 0 Å². The molecule has 1 heterocycles. The van der Waals surface area contributed by atoms with Crippen molar-refractivity contribution < 1.29 is 4.39 Å². The number of halogens is 2. The molecule has 3 rings (SSSR count). The van der Waals surface area contributed by atoms with Crippen LogP contribution in [0.4, 0.5) is 4.39 Å². The maximum Gasteiger partial charge on any atom is 0.142 e. The number of imidazole rings is 1. The molecule has 0 atom stereocenters. The van der Waals surface area contributed by atoms with Crippen molar-refractivity contribution in [1.29, 1.82) is 0 Å². The summed E-state index contributed by atoms with van der Waals surface area (Å²) in [6.45, 7) is 0.928. The molecule has 0 unspecified atom stereocenters. The Bertz CT molecular complexity index is 573. The van der Waals surface area contributed by atoms with Gasteiger partial charge in [0.05, 0.1) is 5.56 Å². The first-order chi connectivity index (χ1) is 9.24. The monoisotopic (exact) mass is 278 g/mol. The third-order valence-corrected chi connectivity index (χ3v) is 4.05. The summed E-state index contributed by atoms with van der Waals surface area (Å²) in [6.07, 6.45) is 8.81. The van der Waals surface area contributed by atoms with Gasteiger partial charge in [-0.25, -0.2) is 9.37 Å². The molecule has 0 N–H and O–H groups in total. The molecule has 2 nitrogen and oxygen atoms in total. The first kappa shape index (κ1) is 12.7. The molecule has 0 bridgehead atoms. The number of hydrogen-bond acceptors (Lipinski definition) is 1. The van der Waals surface area contributed by atoms with Gasteiger partial charge in [-0.05, 0) is 37.0 Å². The lowest BCUT2D eigenvalue weighted by molar-refractivity contribution is 0.459. The lowest BCUT2D eigenvalue weighted by Gasteiger charge is -2.13. The fourth-order valence-electron chi connectivity index (χ4n) is 2.84. The predicted octanol–water partition coefficient (Wildman–Crippen LogP) is 4.53. The molecule has 0 amide bonds. The van der Waals surface area contributed by atoms with Crippen molar-refractivity contribution in [2.45, 2.75) is 32.2 Å². The van der Waals surface area contributed by atoms with Gasteiger partial charge in [0.25, 0.3) is 0 Å². The van der Waals surface area contributed by atoms with Crippen molar-refractivity contribution in [2.24, 2.45) is 5.92 Å². The van der Waals surface area contributed by atoms with Crippen LogP contribution in [0.25, 0.3) is 11.4 Å². The zero-order valence-corrected chi connectivity index (χ0v) is 11.4. The second kappa shape index (κ2) is 5.33. The molecule has 0 radical (unpaired) electrons. The minimum atomic E-state index is -0.314. The van der Waals surface area contributed by atoms with E-state index in [1.54, 1.807) is 18.3 Å². The summed E-state index contributed by atoms with van der Waals surface area (Å²) in [6, 6.07) is 4.74. The van der Waals surface area contributed by atoms with E-state index in [-0.39, 0.29) is 5.82 Å². The first-order valence-corrected chi connectivity index (χ1v) is 7.08. The third-order valence-electron chi connectivity index (χ3n) is 3.82. The van der Waals surface area contributed by atoms with Crippen molar-refractivity contribution in [3.05, 3.63) is 41.4 Å². The molecule has 0 aliphatic heterocycles. The van der Waals surface area contributed by atoms with Gasteiger partial charge in [0, 0.05) is 24.0 Å². The van der Waals surface area contributed by atoms with E-state index >= 15 is 0 Å². The minimum absolute atomic E-state index is 0.314. The Labute approximate surface area is 117 Å². The molecule has 19 heavy (non-hydrogen) atoms. The van der Waals surface area contributed by atoms with Gasteiger partial charge in [0.1, 0.15) is 11.6 Å². The number of aromatic nitrogens is 2. The SMILES string of the molecule is Fc1cc(Cl)ccc1-c1nccn1CC1CCCC1. The average Bonchev–Trinajstić information content (AvgIpc) is 3.02. The smallest absolute Gasteiger partial charge is 0.142 e. The predicted molar refractivity (Wildman–Crippen MR) is 74.6 cm³/mol. The van der Waals surface area contributed by atoms with Crippen LogP contribution in [0.2, 0.25) is 5.02 Å². The highest BCUT2D eigenvalue weighted by atomic mass is 35.5. The van der Waals surface area contributed by atoms with Crippen molar-refractivity contribution in [1.82, 2.24) is 9.55 Å². The largest absolute Gasteiger partial charge is 0.331 e. The summed E-state index contributed by atoms with van der Waals surface area (Å²) in [4.78, 5) is 4.30. The van der Waals surface area contributed by atoms with E-state index in [0.29, 0.717) is 22.3 Å². The maximum atomic E-state index is 14.0. The van der Waals surface area contributed by atoms with Crippen molar-refractivity contribution >= 4 is 11.6 Å². The minimum Gasteiger partial charge on any atom is -0.331 e. The molecule has 1 saturated carbocycles. The van der Waals surface area contributed by atoms with Gasteiger partial charge in [0.15, 0.2) is 0 Å². The number of benzene rings is 1. The van der Waals surface area contributed by atoms with Crippen LogP contribution in [0, 0.1) is 11.7 Å². The highest BCUT2D eigenvalue weighted by Crippen LogP contribution is 2.29. The first-order valence-electron chi connectivity index (χ1n) is 6.70. The Kier molecular flexibility index (Phi) is 3.56. The molecule has 0 spiro atoms. The summed E-state index contributed by atoms with van der Waals surface area (Å²) < 4.78 is 16.0. The van der Waals surface area contributed by atoms with Gasteiger partial charge >= 0.3 is 0 Å². The topological polar surface area (TPSA) is 17.8 Å². The van der Waals surface area contributed by atoms with Crippen molar-refractivity contribution in [3.8, 4) is 11.4 Å². The lowest BCUT2D eigenvalue weighted by Crippen LogP contribution is -2.08. The van der Waals surface area contributed by atoms with E-state index in [1.807, 2.05) is 6.20 Å². The van der Waals surface area contributed by atoms with Crippen LogP contribution < -0.4 is 0 Å². The van der Waals surface area contributed by atoms with Crippen LogP contribution in [0.1, 0.15) is 25.7 Å². The maximum absolute atomic E-state index is 14.0. The standard InChI is InChI=1S/C15H16ClFN2/c16-12-5-6-13(14(17)9-12)15-18-7-8-19(15)10-11-3-1-2-4-11/h5-9,11H,1-4,10H2. The summed E-state index contributed by atoms with van der Waals surface area (Å²) in [5, 5.41) is 0.412. The summed E-state index contributed by atoms with van der Waals surface area (Å²) in [5.41, 5.74) is 0.521. The molecule has 0 saturated heterocycles. The zero-order chi connectivity index (χ0) is 13.2. The van der Waals surface area contributed by atoms with Gasteiger partial charge in [-0.15, -0.1) is 0 Å². The summed E-state index contributed by atoms with van der Waals surface area (Å²) in [7, 11) is 0. The Morgan fingerprint density at radius 3 is 2.84 bits per heavy atom. The van der Waals surface area contributed by atoms with Crippen LogP contribution >= 0.6 is 11.6 Å². The molecule has 1 aliphatic rings. The molecular formula is C15H16ClFN2. The molecule has 1 aromatic carbocycles. The molecular weight excluding hydrogens is 263 g/mol. The summed E-state index contributed by atoms with van der Waals surface area (Å²) in [5.74, 6) is 1.08. The Balaban J connectivity index is 1.90. The second-order valence-electron chi connectivity index (χ2n) is 5.18. The molecule has 100 valence electrons. The molecule has 1 aromatic heterocycles. The van der Waals surface area contributed by atoms with Gasteiger partial charge in [-0.3, -0.25) is 0 Å². The van der Waals surface area contributed by atoms with E-state index in [9.17, 15) is 4.39 Å². The second-order valence-corrected chi connectivity index (χ2v) is 5.61. The molecule has 4 heteroatoms. The number of nitrogens with zero attached hydrogens (tertiary/aromatic N) is 2. The highest BCUT2D eigenvalue weighted by Gasteiger charge is 2.18. The fraction of sp³-hybridized carbons (Fsp3) is 0.400. The number of rotatable bonds is 3. The number of hydrogen-bond donors (Lipinski definition) is 0. The van der Waals surface area contributed by atoms with E-state index in [1.165, 1.54) is 31.7 Å². The van der Waals surface area contributed by atoms with Crippen LogP contribution in [0.5, 0.6) is 0 Å². The Hall–Kier alpha value is -1.35.